The number of ether oxygens (including phenoxy) is 1. The first-order valence-electron chi connectivity index (χ1n) is 7.83. The Morgan fingerprint density at radius 2 is 1.72 bits per heavy atom. The number of nitrogens with two attached hydrogens (primary N) is 1. The topological polar surface area (TPSA) is 216 Å². The third kappa shape index (κ3) is 10.9. The minimum atomic E-state index is -2.03. The van der Waals surface area contributed by atoms with Crippen molar-refractivity contribution < 1.29 is 70.3 Å². The molecule has 170 valence electrons. The predicted molar refractivity (Wildman–Crippen MR) is 104 cm³/mol. The molecule has 0 saturated heterocycles. The van der Waals surface area contributed by atoms with Crippen molar-refractivity contribution in [2.45, 2.75) is 0 Å². The van der Waals surface area contributed by atoms with E-state index in [0.717, 1.165) is 0 Å². The molecule has 16 heteroatoms. The van der Waals surface area contributed by atoms with Gasteiger partial charge in [-0.05, 0) is 23.4 Å². The third-order valence-corrected chi connectivity index (χ3v) is 3.19. The van der Waals surface area contributed by atoms with E-state index in [1.54, 1.807) is 18.2 Å². The second kappa shape index (κ2) is 16.7. The normalized spacial score (nSPS) is 10.5. The van der Waals surface area contributed by atoms with Crippen molar-refractivity contribution in [1.82, 2.24) is 0 Å². The average Bonchev–Trinajstić information content (AvgIpc) is 2.75. The molecule has 0 atom stereocenters. The molecule has 0 aliphatic heterocycles. The molecule has 0 aromatic heterocycles. The summed E-state index contributed by atoms with van der Waals surface area (Å²) in [5, 5.41) is 30.4. The Balaban J connectivity index is 0.00000144. The molecule has 2 rings (SSSR count). The van der Waals surface area contributed by atoms with E-state index in [1.807, 2.05) is 0 Å². The first-order chi connectivity index (χ1) is 15.2. The summed E-state index contributed by atoms with van der Waals surface area (Å²) in [6.07, 6.45) is 1.30. The maximum absolute atomic E-state index is 11.3. The summed E-state index contributed by atoms with van der Waals surface area (Å²) < 4.78 is 39.2. The van der Waals surface area contributed by atoms with Crippen LogP contribution in [0.1, 0.15) is 15.9 Å². The Morgan fingerprint density at radius 1 is 1.12 bits per heavy atom. The van der Waals surface area contributed by atoms with E-state index in [2.05, 4.69) is 33.1 Å². The number of hydrogen-bond donors (Lipinski definition) is 1. The molecule has 0 saturated carbocycles. The van der Waals surface area contributed by atoms with E-state index in [4.69, 9.17) is 34.3 Å². The van der Waals surface area contributed by atoms with Crippen LogP contribution in [-0.2, 0) is 63.2 Å². The molecule has 0 radical (unpaired) electrons. The molecule has 0 amide bonds. The molecule has 0 unspecified atom stereocenters. The van der Waals surface area contributed by atoms with Crippen molar-refractivity contribution in [2.24, 2.45) is 26.2 Å². The molecule has 0 heterocycles. The van der Waals surface area contributed by atoms with Crippen molar-refractivity contribution in [3.05, 3.63) is 47.5 Å². The summed E-state index contributed by atoms with van der Waals surface area (Å²) in [5.74, 6) is -0.524. The molecule has 2 aromatic rings. The van der Waals surface area contributed by atoms with Crippen LogP contribution in [0.2, 0.25) is 0 Å². The fourth-order valence-corrected chi connectivity index (χ4v) is 2.00. The molecular weight excluding hydrogens is 614 g/mol. The van der Waals surface area contributed by atoms with Gasteiger partial charge in [0.1, 0.15) is 5.69 Å². The van der Waals surface area contributed by atoms with Crippen LogP contribution < -0.4 is 10.5 Å². The SMILES string of the molecule is COc1cc(N=Nc2ccccc2C(=O)[OH2+])cc(/C=N/N=C(/N)[S-])c1[OH2+].[O]=[Mo]=[O].[O]=[Mo]=[O]. The summed E-state index contributed by atoms with van der Waals surface area (Å²) >= 11 is 0.537. The molecule has 0 aliphatic carbocycles. The van der Waals surface area contributed by atoms with Crippen LogP contribution in [0, 0.1) is 0 Å². The zero-order valence-electron chi connectivity index (χ0n) is 16.1. The van der Waals surface area contributed by atoms with Crippen LogP contribution >= 0.6 is 0 Å². The summed E-state index contributed by atoms with van der Waals surface area (Å²) in [4.78, 5) is 11.3. The number of amidine groups is 1. The van der Waals surface area contributed by atoms with Crippen LogP contribution in [0.5, 0.6) is 11.5 Å². The van der Waals surface area contributed by atoms with Gasteiger partial charge in [-0.1, -0.05) is 12.1 Å². The van der Waals surface area contributed by atoms with Gasteiger partial charge in [-0.3, -0.25) is 0 Å². The van der Waals surface area contributed by atoms with E-state index >= 15 is 0 Å². The van der Waals surface area contributed by atoms with Gasteiger partial charge in [0.2, 0.25) is 5.75 Å². The van der Waals surface area contributed by atoms with Crippen LogP contribution in [-0.4, -0.2) is 34.7 Å². The first-order valence-corrected chi connectivity index (χ1v) is 11.5. The molecule has 0 spiro atoms. The van der Waals surface area contributed by atoms with E-state index in [0.29, 0.717) is 11.3 Å². The van der Waals surface area contributed by atoms with Gasteiger partial charge in [0.15, 0.2) is 5.56 Å². The molecule has 13 nitrogen and oxygen atoms in total. The van der Waals surface area contributed by atoms with Crippen LogP contribution in [0.25, 0.3) is 0 Å². The number of hydrogen-bond acceptors (Lipinski definition) is 11. The molecule has 0 fully saturated rings. The van der Waals surface area contributed by atoms with Crippen molar-refractivity contribution in [3.63, 3.8) is 0 Å². The van der Waals surface area contributed by atoms with Gasteiger partial charge in [0.25, 0.3) is 0 Å². The predicted octanol–water partition coefficient (Wildman–Crippen LogP) is 1.13. The number of carbonyl (C=O) groups excluding carboxylic acids is 1. The summed E-state index contributed by atoms with van der Waals surface area (Å²) in [6, 6.07) is 9.44. The zero-order chi connectivity index (χ0) is 24.5. The van der Waals surface area contributed by atoms with Gasteiger partial charge in [0, 0.05) is 10.9 Å². The summed E-state index contributed by atoms with van der Waals surface area (Å²) in [6.45, 7) is 0. The number of carbonyl (C=O) groups is 1. The molecule has 0 aliphatic rings. The quantitative estimate of drug-likeness (QED) is 0.0926. The van der Waals surface area contributed by atoms with Gasteiger partial charge >= 0.3 is 62.3 Å². The Kier molecular flexibility index (Phi) is 15.2. The number of azo groups is 1. The fourth-order valence-electron chi connectivity index (χ4n) is 1.95. The zero-order valence-corrected chi connectivity index (χ0v) is 20.9. The summed E-state index contributed by atoms with van der Waals surface area (Å²) in [5.41, 5.74) is 6.36. The Labute approximate surface area is 203 Å². The van der Waals surface area contributed by atoms with Crippen molar-refractivity contribution >= 4 is 41.4 Å². The van der Waals surface area contributed by atoms with E-state index in [-0.39, 0.29) is 27.9 Å². The standard InChI is InChI=1S/C16H15N5O4S.2Mo.4O/c1-25-13-7-10(6-9(14(13)22)8-18-21-16(17)26)19-20-12-5-3-2-4-11(12)15(23)24;;;;;;/h2-8,22H,1H3,(H,23,24)(H3,17,21,26);;;;;;/p+1/b18-8+,20-19?;;;;;;. The number of nitrogens with zero attached hydrogens (tertiary/aromatic N) is 4. The Hall–Kier alpha value is -2.95. The number of rotatable bonds is 6. The van der Waals surface area contributed by atoms with E-state index in [1.165, 1.54) is 31.5 Å². The Morgan fingerprint density at radius 3 is 2.25 bits per heavy atom. The third-order valence-electron chi connectivity index (χ3n) is 3.11. The van der Waals surface area contributed by atoms with Gasteiger partial charge in [-0.15, -0.1) is 5.11 Å². The van der Waals surface area contributed by atoms with Gasteiger partial charge in [-0.2, -0.15) is 15.3 Å². The molecule has 2 aromatic carbocycles. The monoisotopic (exact) mass is 634 g/mol. The molecular formula is C16H16Mo2N5O8S+. The molecule has 32 heavy (non-hydrogen) atoms. The van der Waals surface area contributed by atoms with Crippen LogP contribution in [0.3, 0.4) is 0 Å². The van der Waals surface area contributed by atoms with Gasteiger partial charge < -0.3 is 33.3 Å². The van der Waals surface area contributed by atoms with Crippen molar-refractivity contribution in [1.29, 1.82) is 0 Å². The molecule has 0 bridgehead atoms. The number of methoxy groups -OCH3 is 1. The summed E-state index contributed by atoms with van der Waals surface area (Å²) in [7, 11) is 1.42. The second-order valence-corrected chi connectivity index (χ2v) is 6.06. The van der Waals surface area contributed by atoms with Crippen molar-refractivity contribution in [3.8, 4) is 11.5 Å². The minimum absolute atomic E-state index is 0.0788. The van der Waals surface area contributed by atoms with E-state index < -0.39 is 42.9 Å². The van der Waals surface area contributed by atoms with Crippen LogP contribution in [0.4, 0.5) is 11.4 Å². The van der Waals surface area contributed by atoms with Crippen molar-refractivity contribution in [2.75, 3.05) is 7.11 Å². The maximum atomic E-state index is 11.3. The van der Waals surface area contributed by atoms with Crippen LogP contribution in [0.15, 0.2) is 56.8 Å². The Bertz CT molecular complexity index is 1080. The molecule has 6 N–H and O–H groups in total. The van der Waals surface area contributed by atoms with E-state index in [9.17, 15) is 4.79 Å². The number of benzene rings is 2. The fraction of sp³-hybridized carbons (Fsp3) is 0.0625. The van der Waals surface area contributed by atoms with Gasteiger partial charge in [-0.25, -0.2) is 0 Å². The first kappa shape index (κ1) is 29.0. The second-order valence-electron chi connectivity index (χ2n) is 4.98. The van der Waals surface area contributed by atoms with Gasteiger partial charge in [0.05, 0.1) is 24.6 Å². The average molecular weight is 630 g/mol.